The number of ether oxygens (including phenoxy) is 3. The number of esters is 1. The third kappa shape index (κ3) is 12.7. The second-order valence-corrected chi connectivity index (χ2v) is 7.42. The molecule has 0 aromatic carbocycles. The van der Waals surface area contributed by atoms with E-state index in [2.05, 4.69) is 6.92 Å². The lowest BCUT2D eigenvalue weighted by Crippen LogP contribution is -2.14. The van der Waals surface area contributed by atoms with E-state index in [1.165, 1.54) is 57.6 Å². The van der Waals surface area contributed by atoms with Crippen LogP contribution in [0.3, 0.4) is 0 Å². The van der Waals surface area contributed by atoms with Crippen LogP contribution in [0.15, 0.2) is 12.3 Å². The van der Waals surface area contributed by atoms with Gasteiger partial charge in [0.05, 0.1) is 19.8 Å². The molecular weight excluding hydrogens is 373 g/mol. The van der Waals surface area contributed by atoms with E-state index < -0.39 is 5.97 Å². The number of unbranched alkanes of at least 4 members (excludes halogenated alkanes) is 9. The molecule has 0 unspecified atom stereocenters. The van der Waals surface area contributed by atoms with Gasteiger partial charge in [-0.05, 0) is 31.4 Å². The summed E-state index contributed by atoms with van der Waals surface area (Å²) >= 11 is 0. The Morgan fingerprint density at radius 3 is 2.10 bits per heavy atom. The normalized spacial score (nSPS) is 11.1. The van der Waals surface area contributed by atoms with Crippen molar-refractivity contribution in [2.24, 2.45) is 0 Å². The van der Waals surface area contributed by atoms with Crippen LogP contribution in [0.4, 0.5) is 4.48 Å². The van der Waals surface area contributed by atoms with Crippen LogP contribution >= 0.6 is 0 Å². The maximum atomic E-state index is 13.9. The number of nitrogens with zero attached hydrogens (tertiary/aromatic N) is 1. The SMILES string of the molecule is CCCCCCCCCCCCc1cc(C(=O)OCCOCCOCC)n(F)c1. The molecule has 29 heavy (non-hydrogen) atoms. The highest BCUT2D eigenvalue weighted by atomic mass is 19.2. The van der Waals surface area contributed by atoms with Crippen LogP contribution in [0.1, 0.15) is 94.1 Å². The fourth-order valence-electron chi connectivity index (χ4n) is 3.22. The van der Waals surface area contributed by atoms with Crippen molar-refractivity contribution < 1.29 is 23.5 Å². The molecule has 5 nitrogen and oxygen atoms in total. The van der Waals surface area contributed by atoms with Crippen LogP contribution in [0.25, 0.3) is 0 Å². The van der Waals surface area contributed by atoms with Gasteiger partial charge < -0.3 is 14.2 Å². The summed E-state index contributed by atoms with van der Waals surface area (Å²) in [5, 5.41) is 0. The number of aryl methyl sites for hydroxylation is 1. The molecule has 1 rings (SSSR count). The molecule has 1 aromatic rings. The summed E-state index contributed by atoms with van der Waals surface area (Å²) in [6.45, 7) is 6.14. The monoisotopic (exact) mass is 413 g/mol. The van der Waals surface area contributed by atoms with Gasteiger partial charge in [-0.1, -0.05) is 69.2 Å². The molecule has 0 saturated heterocycles. The highest BCUT2D eigenvalue weighted by Gasteiger charge is 2.15. The van der Waals surface area contributed by atoms with E-state index >= 15 is 0 Å². The van der Waals surface area contributed by atoms with Gasteiger partial charge in [0, 0.05) is 12.8 Å². The topological polar surface area (TPSA) is 49.7 Å². The summed E-state index contributed by atoms with van der Waals surface area (Å²) in [5.41, 5.74) is 0.786. The Bertz CT molecular complexity index is 533. The quantitative estimate of drug-likeness (QED) is 0.209. The van der Waals surface area contributed by atoms with Gasteiger partial charge in [0.2, 0.25) is 0 Å². The second-order valence-electron chi connectivity index (χ2n) is 7.42. The average Bonchev–Trinajstić information content (AvgIpc) is 3.09. The van der Waals surface area contributed by atoms with Crippen molar-refractivity contribution in [3.63, 3.8) is 0 Å². The molecule has 0 bridgehead atoms. The van der Waals surface area contributed by atoms with Crippen LogP contribution in [-0.4, -0.2) is 43.8 Å². The lowest BCUT2D eigenvalue weighted by Gasteiger charge is -2.05. The van der Waals surface area contributed by atoms with Crippen molar-refractivity contribution in [2.45, 2.75) is 84.5 Å². The summed E-state index contributed by atoms with van der Waals surface area (Å²) in [6, 6.07) is 1.59. The van der Waals surface area contributed by atoms with E-state index in [0.717, 1.165) is 24.8 Å². The fraction of sp³-hybridized carbons (Fsp3) is 0.783. The highest BCUT2D eigenvalue weighted by Crippen LogP contribution is 2.15. The summed E-state index contributed by atoms with van der Waals surface area (Å²) in [5.74, 6) is -0.657. The zero-order valence-electron chi connectivity index (χ0n) is 18.4. The van der Waals surface area contributed by atoms with Crippen LogP contribution in [0.2, 0.25) is 0 Å². The predicted octanol–water partition coefficient (Wildman–Crippen LogP) is 5.89. The largest absolute Gasteiger partial charge is 0.458 e. The molecule has 0 amide bonds. The van der Waals surface area contributed by atoms with Crippen LogP contribution in [-0.2, 0) is 20.6 Å². The molecule has 0 spiro atoms. The van der Waals surface area contributed by atoms with Crippen molar-refractivity contribution in [3.8, 4) is 0 Å². The molecule has 1 aromatic heterocycles. The minimum Gasteiger partial charge on any atom is -0.458 e. The molecule has 1 heterocycles. The predicted molar refractivity (Wildman–Crippen MR) is 114 cm³/mol. The number of rotatable bonds is 19. The third-order valence-electron chi connectivity index (χ3n) is 4.90. The number of aromatic nitrogens is 1. The maximum absolute atomic E-state index is 13.9. The maximum Gasteiger partial charge on any atom is 0.357 e. The van der Waals surface area contributed by atoms with Crippen LogP contribution in [0, 0.1) is 0 Å². The Kier molecular flexibility index (Phi) is 15.4. The van der Waals surface area contributed by atoms with Crippen molar-refractivity contribution in [2.75, 3.05) is 33.0 Å². The molecular formula is C23H40FNO4. The van der Waals surface area contributed by atoms with Crippen LogP contribution < -0.4 is 0 Å². The number of hydrogen-bond donors (Lipinski definition) is 0. The first-order valence-corrected chi connectivity index (χ1v) is 11.4. The molecule has 0 aliphatic rings. The minimum atomic E-state index is -0.657. The smallest absolute Gasteiger partial charge is 0.357 e. The van der Waals surface area contributed by atoms with Gasteiger partial charge in [0.25, 0.3) is 0 Å². The minimum absolute atomic E-state index is 0.0543. The molecule has 0 aliphatic carbocycles. The van der Waals surface area contributed by atoms with Gasteiger partial charge in [-0.25, -0.2) is 4.79 Å². The van der Waals surface area contributed by atoms with Crippen molar-refractivity contribution in [3.05, 3.63) is 23.5 Å². The van der Waals surface area contributed by atoms with Crippen molar-refractivity contribution in [1.29, 1.82) is 0 Å². The molecule has 0 N–H and O–H groups in total. The number of hydrogen-bond acceptors (Lipinski definition) is 4. The van der Waals surface area contributed by atoms with E-state index in [-0.39, 0.29) is 18.9 Å². The Morgan fingerprint density at radius 2 is 1.45 bits per heavy atom. The zero-order valence-corrected chi connectivity index (χ0v) is 18.4. The number of carbonyl (C=O) groups is 1. The summed E-state index contributed by atoms with van der Waals surface area (Å²) in [6.07, 6.45) is 14.9. The van der Waals surface area contributed by atoms with Gasteiger partial charge in [0.1, 0.15) is 6.61 Å². The van der Waals surface area contributed by atoms with E-state index in [4.69, 9.17) is 14.2 Å². The van der Waals surface area contributed by atoms with E-state index in [0.29, 0.717) is 24.6 Å². The molecule has 0 aliphatic heterocycles. The van der Waals surface area contributed by atoms with Crippen molar-refractivity contribution >= 4 is 5.97 Å². The Morgan fingerprint density at radius 1 is 0.862 bits per heavy atom. The fourth-order valence-corrected chi connectivity index (χ4v) is 3.22. The first-order valence-electron chi connectivity index (χ1n) is 11.4. The lowest BCUT2D eigenvalue weighted by molar-refractivity contribution is 0.0152. The van der Waals surface area contributed by atoms with Gasteiger partial charge in [-0.2, -0.15) is 4.79 Å². The van der Waals surface area contributed by atoms with Gasteiger partial charge >= 0.3 is 5.97 Å². The first-order chi connectivity index (χ1) is 14.2. The summed E-state index contributed by atoms with van der Waals surface area (Å²) < 4.78 is 29.4. The molecule has 0 radical (unpaired) electrons. The number of carbonyl (C=O) groups excluding carboxylic acids is 1. The molecule has 0 saturated carbocycles. The van der Waals surface area contributed by atoms with Crippen LogP contribution in [0.5, 0.6) is 0 Å². The molecule has 6 heteroatoms. The first kappa shape index (κ1) is 25.6. The Hall–Kier alpha value is -1.40. The Balaban J connectivity index is 2.11. The standard InChI is InChI=1S/C23H40FNO4/c1-3-5-6-7-8-9-10-11-12-13-14-21-19-22(25(24)20-21)23(26)29-18-17-28-16-15-27-4-2/h19-20H,3-18H2,1-2H3. The van der Waals surface area contributed by atoms with E-state index in [1.807, 2.05) is 6.92 Å². The summed E-state index contributed by atoms with van der Waals surface area (Å²) in [7, 11) is 0. The molecule has 0 fully saturated rings. The highest BCUT2D eigenvalue weighted by molar-refractivity contribution is 5.87. The molecule has 168 valence electrons. The third-order valence-corrected chi connectivity index (χ3v) is 4.90. The average molecular weight is 414 g/mol. The lowest BCUT2D eigenvalue weighted by atomic mass is 10.0. The van der Waals surface area contributed by atoms with E-state index in [1.54, 1.807) is 6.07 Å². The molecule has 0 atom stereocenters. The summed E-state index contributed by atoms with van der Waals surface area (Å²) in [4.78, 5) is 12.4. The van der Waals surface area contributed by atoms with Crippen molar-refractivity contribution in [1.82, 2.24) is 4.79 Å². The van der Waals surface area contributed by atoms with Gasteiger partial charge in [0.15, 0.2) is 5.69 Å². The van der Waals surface area contributed by atoms with Gasteiger partial charge in [-0.15, -0.1) is 0 Å². The number of halogens is 1. The second kappa shape index (κ2) is 17.5. The van der Waals surface area contributed by atoms with Gasteiger partial charge in [-0.3, -0.25) is 0 Å². The zero-order chi connectivity index (χ0) is 21.2. The van der Waals surface area contributed by atoms with E-state index in [9.17, 15) is 9.28 Å². The Labute approximate surface area is 175 Å².